The van der Waals surface area contributed by atoms with E-state index in [0.717, 1.165) is 10.2 Å². The van der Waals surface area contributed by atoms with Gasteiger partial charge in [0.2, 0.25) is 5.88 Å². The van der Waals surface area contributed by atoms with Gasteiger partial charge in [-0.3, -0.25) is 0 Å². The molecule has 0 bridgehead atoms. The van der Waals surface area contributed by atoms with E-state index in [1.54, 1.807) is 42.5 Å². The highest BCUT2D eigenvalue weighted by molar-refractivity contribution is 5.59. The number of tetrazole rings is 1. The van der Waals surface area contributed by atoms with E-state index in [2.05, 4.69) is 15.4 Å². The molecule has 0 radical (unpaired) electrons. The topological polar surface area (TPSA) is 84.1 Å². The van der Waals surface area contributed by atoms with Crippen molar-refractivity contribution in [1.82, 2.24) is 24.8 Å². The minimum atomic E-state index is -0.388. The van der Waals surface area contributed by atoms with Gasteiger partial charge in [-0.2, -0.15) is 9.36 Å². The number of halogens is 1. The van der Waals surface area contributed by atoms with Crippen molar-refractivity contribution in [1.29, 1.82) is 0 Å². The molecule has 0 unspecified atom stereocenters. The van der Waals surface area contributed by atoms with Gasteiger partial charge in [-0.15, -0.1) is 0 Å². The maximum atomic E-state index is 13.2. The van der Waals surface area contributed by atoms with Crippen LogP contribution >= 0.6 is 0 Å². The fourth-order valence-corrected chi connectivity index (χ4v) is 2.98. The molecule has 2 heterocycles. The quantitative estimate of drug-likeness (QED) is 0.489. The monoisotopic (exact) mass is 407 g/mol. The van der Waals surface area contributed by atoms with Gasteiger partial charge in [0, 0.05) is 18.7 Å². The van der Waals surface area contributed by atoms with E-state index in [4.69, 9.17) is 9.47 Å². The highest BCUT2D eigenvalue weighted by atomic mass is 19.1. The Hall–Kier alpha value is -4.01. The molecule has 2 aromatic carbocycles. The van der Waals surface area contributed by atoms with Crippen molar-refractivity contribution in [2.75, 3.05) is 7.11 Å². The van der Waals surface area contributed by atoms with Crippen LogP contribution in [0.5, 0.6) is 11.6 Å². The van der Waals surface area contributed by atoms with Crippen LogP contribution in [0, 0.1) is 5.82 Å². The third-order valence-electron chi connectivity index (χ3n) is 4.51. The zero-order valence-corrected chi connectivity index (χ0v) is 16.3. The fourth-order valence-electron chi connectivity index (χ4n) is 2.98. The number of ether oxygens (including phenoxy) is 2. The molecule has 0 fully saturated rings. The van der Waals surface area contributed by atoms with Crippen LogP contribution in [-0.2, 0) is 13.7 Å². The lowest BCUT2D eigenvalue weighted by Gasteiger charge is -2.14. The minimum Gasteiger partial charge on any atom is -0.496 e. The molecule has 8 nitrogen and oxygen atoms in total. The van der Waals surface area contributed by atoms with Crippen LogP contribution < -0.4 is 15.2 Å². The molecule has 0 saturated heterocycles. The van der Waals surface area contributed by atoms with Crippen LogP contribution in [0.25, 0.3) is 16.9 Å². The van der Waals surface area contributed by atoms with Crippen molar-refractivity contribution >= 4 is 0 Å². The second-order valence-electron chi connectivity index (χ2n) is 6.41. The molecule has 4 rings (SSSR count). The van der Waals surface area contributed by atoms with Crippen LogP contribution in [0.2, 0.25) is 0 Å². The highest BCUT2D eigenvalue weighted by Gasteiger charge is 2.16. The summed E-state index contributed by atoms with van der Waals surface area (Å²) in [5.41, 5.74) is 2.16. The van der Waals surface area contributed by atoms with Gasteiger partial charge in [0.1, 0.15) is 18.2 Å². The SMILES string of the molecule is COc1cccc(-n2nnn(C)c2=O)c1COc1cccc(-c2ccc(F)cc2)n1. The Morgan fingerprint density at radius 3 is 2.47 bits per heavy atom. The third kappa shape index (κ3) is 3.77. The fraction of sp³-hybridized carbons (Fsp3) is 0.143. The van der Waals surface area contributed by atoms with Gasteiger partial charge in [-0.25, -0.2) is 14.2 Å². The summed E-state index contributed by atoms with van der Waals surface area (Å²) in [6, 6.07) is 16.7. The highest BCUT2D eigenvalue weighted by Crippen LogP contribution is 2.26. The van der Waals surface area contributed by atoms with E-state index in [1.807, 2.05) is 6.07 Å². The number of hydrogen-bond donors (Lipinski definition) is 0. The second-order valence-corrected chi connectivity index (χ2v) is 6.41. The first-order valence-corrected chi connectivity index (χ1v) is 9.08. The number of benzene rings is 2. The van der Waals surface area contributed by atoms with Crippen LogP contribution in [-0.4, -0.2) is 31.9 Å². The number of nitrogens with zero attached hydrogens (tertiary/aromatic N) is 5. The molecule has 152 valence electrons. The molecule has 0 spiro atoms. The molecule has 0 aliphatic rings. The van der Waals surface area contributed by atoms with Crippen molar-refractivity contribution in [2.24, 2.45) is 7.05 Å². The Balaban J connectivity index is 1.64. The summed E-state index contributed by atoms with van der Waals surface area (Å²) < 4.78 is 26.8. The summed E-state index contributed by atoms with van der Waals surface area (Å²) >= 11 is 0. The van der Waals surface area contributed by atoms with Gasteiger partial charge in [0.25, 0.3) is 0 Å². The van der Waals surface area contributed by atoms with E-state index < -0.39 is 0 Å². The standard InChI is InChI=1S/C21H18FN5O3/c1-26-21(28)27(25-24-26)18-6-4-7-19(29-2)16(18)13-30-20-8-3-5-17(23-20)14-9-11-15(22)12-10-14/h3-12H,13H2,1-2H3. The summed E-state index contributed by atoms with van der Waals surface area (Å²) in [7, 11) is 3.06. The Labute approximate surface area is 171 Å². The molecule has 30 heavy (non-hydrogen) atoms. The van der Waals surface area contributed by atoms with Crippen molar-refractivity contribution in [3.8, 4) is 28.6 Å². The Bertz CT molecular complexity index is 1230. The molecule has 0 aliphatic carbocycles. The Morgan fingerprint density at radius 2 is 1.77 bits per heavy atom. The van der Waals surface area contributed by atoms with Gasteiger partial charge in [-0.05, 0) is 52.9 Å². The summed E-state index contributed by atoms with van der Waals surface area (Å²) in [6.07, 6.45) is 0. The lowest BCUT2D eigenvalue weighted by Crippen LogP contribution is -2.23. The zero-order chi connectivity index (χ0) is 21.1. The van der Waals surface area contributed by atoms with E-state index >= 15 is 0 Å². The van der Waals surface area contributed by atoms with E-state index in [0.29, 0.717) is 28.6 Å². The number of pyridine rings is 1. The van der Waals surface area contributed by atoms with E-state index in [-0.39, 0.29) is 18.1 Å². The molecule has 0 atom stereocenters. The molecule has 4 aromatic rings. The minimum absolute atomic E-state index is 0.0855. The Kier molecular flexibility index (Phi) is 5.25. The van der Waals surface area contributed by atoms with Crippen LogP contribution in [0.4, 0.5) is 4.39 Å². The molecular formula is C21H18FN5O3. The predicted molar refractivity (Wildman–Crippen MR) is 107 cm³/mol. The van der Waals surface area contributed by atoms with Crippen molar-refractivity contribution in [3.63, 3.8) is 0 Å². The smallest absolute Gasteiger partial charge is 0.368 e. The number of aromatic nitrogens is 5. The van der Waals surface area contributed by atoms with Crippen molar-refractivity contribution in [3.05, 3.63) is 82.5 Å². The molecule has 0 amide bonds. The molecular weight excluding hydrogens is 389 g/mol. The lowest BCUT2D eigenvalue weighted by atomic mass is 10.1. The predicted octanol–water partition coefficient (Wildman–Crippen LogP) is 2.75. The summed E-state index contributed by atoms with van der Waals surface area (Å²) in [5.74, 6) is 0.606. The first-order chi connectivity index (χ1) is 14.6. The third-order valence-corrected chi connectivity index (χ3v) is 4.51. The van der Waals surface area contributed by atoms with E-state index in [1.165, 1.54) is 31.0 Å². The first kappa shape index (κ1) is 19.3. The second kappa shape index (κ2) is 8.16. The van der Waals surface area contributed by atoms with Gasteiger partial charge in [0.15, 0.2) is 0 Å². The summed E-state index contributed by atoms with van der Waals surface area (Å²) in [5, 5.41) is 7.65. The maximum absolute atomic E-state index is 13.2. The summed E-state index contributed by atoms with van der Waals surface area (Å²) in [4.78, 5) is 16.8. The van der Waals surface area contributed by atoms with Crippen molar-refractivity contribution in [2.45, 2.75) is 6.61 Å². The molecule has 0 N–H and O–H groups in total. The lowest BCUT2D eigenvalue weighted by molar-refractivity contribution is 0.285. The average Bonchev–Trinajstić information content (AvgIpc) is 3.11. The normalized spacial score (nSPS) is 10.8. The Morgan fingerprint density at radius 1 is 1.00 bits per heavy atom. The molecule has 0 aliphatic heterocycles. The van der Waals surface area contributed by atoms with Crippen LogP contribution in [0.1, 0.15) is 5.56 Å². The largest absolute Gasteiger partial charge is 0.496 e. The molecule has 2 aromatic heterocycles. The number of rotatable bonds is 6. The molecule has 0 saturated carbocycles. The van der Waals surface area contributed by atoms with Gasteiger partial charge in [-0.1, -0.05) is 12.1 Å². The average molecular weight is 407 g/mol. The number of hydrogen-bond acceptors (Lipinski definition) is 6. The van der Waals surface area contributed by atoms with Crippen LogP contribution in [0.3, 0.4) is 0 Å². The zero-order valence-electron chi connectivity index (χ0n) is 16.3. The van der Waals surface area contributed by atoms with Crippen molar-refractivity contribution < 1.29 is 13.9 Å². The van der Waals surface area contributed by atoms with Gasteiger partial charge in [0.05, 0.1) is 24.1 Å². The molecule has 9 heteroatoms. The number of methoxy groups -OCH3 is 1. The van der Waals surface area contributed by atoms with Crippen LogP contribution in [0.15, 0.2) is 65.5 Å². The van der Waals surface area contributed by atoms with Gasteiger partial charge < -0.3 is 9.47 Å². The summed E-state index contributed by atoms with van der Waals surface area (Å²) in [6.45, 7) is 0.0855. The van der Waals surface area contributed by atoms with E-state index in [9.17, 15) is 9.18 Å². The van der Waals surface area contributed by atoms with Gasteiger partial charge >= 0.3 is 5.69 Å². The first-order valence-electron chi connectivity index (χ1n) is 9.08. The number of aryl methyl sites for hydroxylation is 1. The maximum Gasteiger partial charge on any atom is 0.368 e.